The van der Waals surface area contributed by atoms with Crippen molar-refractivity contribution in [2.75, 3.05) is 18.0 Å². The number of rotatable bonds is 5. The van der Waals surface area contributed by atoms with Crippen LogP contribution in [-0.2, 0) is 6.54 Å². The van der Waals surface area contributed by atoms with Gasteiger partial charge in [-0.25, -0.2) is 4.68 Å². The third-order valence-electron chi connectivity index (χ3n) is 3.65. The van der Waals surface area contributed by atoms with Crippen molar-refractivity contribution in [2.45, 2.75) is 45.2 Å². The van der Waals surface area contributed by atoms with Gasteiger partial charge in [0.2, 0.25) is 0 Å². The summed E-state index contributed by atoms with van der Waals surface area (Å²) in [5.41, 5.74) is 6.62. The van der Waals surface area contributed by atoms with Crippen LogP contribution in [0.4, 0.5) is 5.69 Å². The molecule has 2 rings (SSSR count). The lowest BCUT2D eigenvalue weighted by atomic mass is 10.2. The van der Waals surface area contributed by atoms with Crippen molar-refractivity contribution in [2.24, 2.45) is 5.73 Å². The summed E-state index contributed by atoms with van der Waals surface area (Å²) in [7, 11) is 0. The molecular formula is C13H21BrN4O. The van der Waals surface area contributed by atoms with Gasteiger partial charge in [-0.15, -0.1) is 0 Å². The van der Waals surface area contributed by atoms with Gasteiger partial charge in [-0.1, -0.05) is 13.3 Å². The number of halogens is 1. The van der Waals surface area contributed by atoms with E-state index in [2.05, 4.69) is 32.9 Å². The van der Waals surface area contributed by atoms with Gasteiger partial charge in [0.1, 0.15) is 4.47 Å². The number of hydrogen-bond donors (Lipinski definition) is 1. The van der Waals surface area contributed by atoms with E-state index in [-0.39, 0.29) is 5.56 Å². The van der Waals surface area contributed by atoms with E-state index in [1.54, 1.807) is 6.20 Å². The second kappa shape index (κ2) is 6.52. The van der Waals surface area contributed by atoms with Gasteiger partial charge in [-0.3, -0.25) is 4.79 Å². The molecule has 2 heterocycles. The van der Waals surface area contributed by atoms with Crippen LogP contribution in [0.15, 0.2) is 15.5 Å². The lowest BCUT2D eigenvalue weighted by Gasteiger charge is -2.26. The summed E-state index contributed by atoms with van der Waals surface area (Å²) in [6, 6.07) is 0.323. The van der Waals surface area contributed by atoms with Crippen LogP contribution in [-0.4, -0.2) is 28.9 Å². The minimum atomic E-state index is -0.0476. The van der Waals surface area contributed by atoms with E-state index >= 15 is 0 Å². The second-order valence-electron chi connectivity index (χ2n) is 4.95. The number of aromatic nitrogens is 2. The first-order chi connectivity index (χ1) is 9.19. The average molecular weight is 329 g/mol. The van der Waals surface area contributed by atoms with Crippen LogP contribution in [0.1, 0.15) is 32.6 Å². The Hall–Kier alpha value is -0.880. The van der Waals surface area contributed by atoms with E-state index in [1.165, 1.54) is 4.68 Å². The molecule has 1 fully saturated rings. The Morgan fingerprint density at radius 3 is 3.05 bits per heavy atom. The van der Waals surface area contributed by atoms with Gasteiger partial charge in [0.15, 0.2) is 0 Å². The van der Waals surface area contributed by atoms with Crippen molar-refractivity contribution in [3.8, 4) is 0 Å². The summed E-state index contributed by atoms with van der Waals surface area (Å²) in [6.07, 6.45) is 6.01. The molecule has 0 spiro atoms. The highest BCUT2D eigenvalue weighted by Gasteiger charge is 2.26. The fraction of sp³-hybridized carbons (Fsp3) is 0.692. The maximum atomic E-state index is 12.2. The maximum absolute atomic E-state index is 12.2. The molecule has 19 heavy (non-hydrogen) atoms. The third kappa shape index (κ3) is 3.00. The number of aryl methyl sites for hydroxylation is 1. The number of nitrogens with two attached hydrogens (primary N) is 1. The quantitative estimate of drug-likeness (QED) is 0.894. The Bertz CT molecular complexity index is 488. The van der Waals surface area contributed by atoms with Gasteiger partial charge in [0, 0.05) is 25.7 Å². The predicted molar refractivity (Wildman–Crippen MR) is 80.5 cm³/mol. The van der Waals surface area contributed by atoms with Crippen LogP contribution >= 0.6 is 15.9 Å². The summed E-state index contributed by atoms with van der Waals surface area (Å²) in [4.78, 5) is 14.4. The average Bonchev–Trinajstić information content (AvgIpc) is 2.88. The second-order valence-corrected chi connectivity index (χ2v) is 5.74. The van der Waals surface area contributed by atoms with Crippen LogP contribution < -0.4 is 16.2 Å². The van der Waals surface area contributed by atoms with Crippen molar-refractivity contribution < 1.29 is 0 Å². The van der Waals surface area contributed by atoms with Crippen molar-refractivity contribution >= 4 is 21.6 Å². The van der Waals surface area contributed by atoms with E-state index in [9.17, 15) is 4.79 Å². The minimum Gasteiger partial charge on any atom is -0.365 e. The zero-order chi connectivity index (χ0) is 13.8. The molecule has 1 saturated heterocycles. The summed E-state index contributed by atoms with van der Waals surface area (Å²) < 4.78 is 2.14. The molecule has 2 N–H and O–H groups in total. The molecule has 1 atom stereocenters. The van der Waals surface area contributed by atoms with Gasteiger partial charge in [-0.05, 0) is 35.2 Å². The number of nitrogens with zero attached hydrogens (tertiary/aromatic N) is 3. The molecule has 0 saturated carbocycles. The summed E-state index contributed by atoms with van der Waals surface area (Å²) in [5, 5.41) is 4.28. The molecule has 0 amide bonds. The topological polar surface area (TPSA) is 64.2 Å². The highest BCUT2D eigenvalue weighted by molar-refractivity contribution is 9.10. The molecule has 1 aromatic heterocycles. The zero-order valence-corrected chi connectivity index (χ0v) is 12.9. The molecule has 1 aliphatic rings. The normalized spacial score (nSPS) is 19.1. The van der Waals surface area contributed by atoms with Crippen molar-refractivity contribution in [3.05, 3.63) is 21.0 Å². The molecule has 1 unspecified atom stereocenters. The Balaban J connectivity index is 2.28. The maximum Gasteiger partial charge on any atom is 0.283 e. The number of unbranched alkanes of at least 4 members (excludes halogenated alkanes) is 1. The van der Waals surface area contributed by atoms with Crippen molar-refractivity contribution in [3.63, 3.8) is 0 Å². The van der Waals surface area contributed by atoms with Gasteiger partial charge < -0.3 is 10.6 Å². The highest BCUT2D eigenvalue weighted by atomic mass is 79.9. The van der Waals surface area contributed by atoms with Crippen LogP contribution in [0.25, 0.3) is 0 Å². The zero-order valence-electron chi connectivity index (χ0n) is 11.3. The standard InChI is InChI=1S/C13H21BrN4O/c1-2-3-7-18-13(19)12(14)11(9-16-18)17-6-4-5-10(17)8-15/h9-10H,2-8,15H2,1H3. The molecule has 0 aromatic carbocycles. The Kier molecular flexibility index (Phi) is 4.99. The fourth-order valence-electron chi connectivity index (χ4n) is 2.52. The Morgan fingerprint density at radius 1 is 1.58 bits per heavy atom. The minimum absolute atomic E-state index is 0.0476. The lowest BCUT2D eigenvalue weighted by molar-refractivity contribution is 0.539. The van der Waals surface area contributed by atoms with Gasteiger partial charge in [0.25, 0.3) is 5.56 Å². The smallest absolute Gasteiger partial charge is 0.283 e. The first kappa shape index (κ1) is 14.5. The van der Waals surface area contributed by atoms with Crippen LogP contribution in [0.2, 0.25) is 0 Å². The molecule has 0 radical (unpaired) electrons. The van der Waals surface area contributed by atoms with Crippen molar-refractivity contribution in [1.82, 2.24) is 9.78 Å². The van der Waals surface area contributed by atoms with Gasteiger partial charge >= 0.3 is 0 Å². The molecule has 1 aromatic rings. The molecule has 6 heteroatoms. The van der Waals surface area contributed by atoms with E-state index < -0.39 is 0 Å². The lowest BCUT2D eigenvalue weighted by Crippen LogP contribution is -2.37. The Morgan fingerprint density at radius 2 is 2.37 bits per heavy atom. The third-order valence-corrected chi connectivity index (χ3v) is 4.39. The largest absolute Gasteiger partial charge is 0.365 e. The molecule has 0 aliphatic carbocycles. The van der Waals surface area contributed by atoms with Crippen LogP contribution in [0, 0.1) is 0 Å². The summed E-state index contributed by atoms with van der Waals surface area (Å²) in [5.74, 6) is 0. The highest BCUT2D eigenvalue weighted by Crippen LogP contribution is 2.28. The summed E-state index contributed by atoms with van der Waals surface area (Å²) >= 11 is 3.43. The van der Waals surface area contributed by atoms with E-state index in [0.29, 0.717) is 23.6 Å². The van der Waals surface area contributed by atoms with E-state index in [1.807, 2.05) is 0 Å². The summed E-state index contributed by atoms with van der Waals surface area (Å²) in [6.45, 7) is 4.34. The molecule has 106 valence electrons. The predicted octanol–water partition coefficient (Wildman–Crippen LogP) is 1.73. The number of hydrogen-bond acceptors (Lipinski definition) is 4. The monoisotopic (exact) mass is 328 g/mol. The number of anilines is 1. The first-order valence-electron chi connectivity index (χ1n) is 6.91. The Labute approximate surface area is 121 Å². The van der Waals surface area contributed by atoms with E-state index in [0.717, 1.165) is 37.9 Å². The molecular weight excluding hydrogens is 308 g/mol. The van der Waals surface area contributed by atoms with Gasteiger partial charge in [-0.2, -0.15) is 5.10 Å². The molecule has 1 aliphatic heterocycles. The van der Waals surface area contributed by atoms with E-state index in [4.69, 9.17) is 5.73 Å². The fourth-order valence-corrected chi connectivity index (χ4v) is 3.06. The van der Waals surface area contributed by atoms with Crippen LogP contribution in [0.3, 0.4) is 0 Å². The van der Waals surface area contributed by atoms with Crippen LogP contribution in [0.5, 0.6) is 0 Å². The SMILES string of the molecule is CCCCn1ncc(N2CCCC2CN)c(Br)c1=O. The van der Waals surface area contributed by atoms with Crippen molar-refractivity contribution in [1.29, 1.82) is 0 Å². The molecule has 5 nitrogen and oxygen atoms in total. The first-order valence-corrected chi connectivity index (χ1v) is 7.70. The van der Waals surface area contributed by atoms with Gasteiger partial charge in [0.05, 0.1) is 11.9 Å². The molecule has 0 bridgehead atoms.